The molecule has 3 rings (SSSR count). The lowest BCUT2D eigenvalue weighted by Crippen LogP contribution is -2.77. The number of amides is 1. The van der Waals surface area contributed by atoms with Crippen LogP contribution in [-0.4, -0.2) is 11.4 Å². The summed E-state index contributed by atoms with van der Waals surface area (Å²) in [5.41, 5.74) is 0.140. The molecule has 1 aliphatic heterocycles. The molecule has 1 amide bonds. The van der Waals surface area contributed by atoms with E-state index in [1.54, 1.807) is 0 Å². The molecule has 2 fully saturated rings. The van der Waals surface area contributed by atoms with E-state index in [4.69, 9.17) is 0 Å². The van der Waals surface area contributed by atoms with Crippen molar-refractivity contribution >= 4 is 5.91 Å². The average molecular weight is 205 g/mol. The highest BCUT2D eigenvalue weighted by molar-refractivity contribution is 5.92. The van der Waals surface area contributed by atoms with Gasteiger partial charge in [0.1, 0.15) is 0 Å². The van der Waals surface area contributed by atoms with Gasteiger partial charge in [-0.25, -0.2) is 0 Å². The SMILES string of the molecule is O=C1N[C@@]23CC=CC[C@@]12CCCCCC3. The monoisotopic (exact) mass is 205 g/mol. The van der Waals surface area contributed by atoms with E-state index in [-0.39, 0.29) is 11.0 Å². The Kier molecular flexibility index (Phi) is 1.95. The van der Waals surface area contributed by atoms with Gasteiger partial charge >= 0.3 is 0 Å². The van der Waals surface area contributed by atoms with E-state index >= 15 is 0 Å². The Morgan fingerprint density at radius 2 is 1.73 bits per heavy atom. The largest absolute Gasteiger partial charge is 0.349 e. The van der Waals surface area contributed by atoms with Gasteiger partial charge in [-0.15, -0.1) is 0 Å². The summed E-state index contributed by atoms with van der Waals surface area (Å²) < 4.78 is 0. The number of allylic oxidation sites excluding steroid dienone is 1. The number of carbonyl (C=O) groups excluding carboxylic acids is 1. The minimum atomic E-state index is -0.0117. The summed E-state index contributed by atoms with van der Waals surface area (Å²) in [6.45, 7) is 0. The summed E-state index contributed by atoms with van der Waals surface area (Å²) in [5.74, 6) is 0.328. The summed E-state index contributed by atoms with van der Waals surface area (Å²) in [6, 6.07) is 0. The van der Waals surface area contributed by atoms with Crippen LogP contribution in [0.3, 0.4) is 0 Å². The number of hydrogen-bond acceptors (Lipinski definition) is 1. The van der Waals surface area contributed by atoms with Gasteiger partial charge in [0.05, 0.1) is 11.0 Å². The van der Waals surface area contributed by atoms with Gasteiger partial charge < -0.3 is 5.32 Å². The molecule has 15 heavy (non-hydrogen) atoms. The van der Waals surface area contributed by atoms with E-state index in [0.717, 1.165) is 19.3 Å². The molecule has 1 saturated carbocycles. The van der Waals surface area contributed by atoms with Crippen LogP contribution in [0.4, 0.5) is 0 Å². The number of hydrogen-bond donors (Lipinski definition) is 1. The van der Waals surface area contributed by atoms with Crippen LogP contribution in [0.1, 0.15) is 51.4 Å². The van der Waals surface area contributed by atoms with Gasteiger partial charge in [0, 0.05) is 0 Å². The topological polar surface area (TPSA) is 29.1 Å². The number of carbonyl (C=O) groups is 1. The van der Waals surface area contributed by atoms with E-state index < -0.39 is 0 Å². The van der Waals surface area contributed by atoms with Crippen LogP contribution in [-0.2, 0) is 4.79 Å². The Balaban J connectivity index is 1.96. The zero-order chi connectivity index (χ0) is 10.4. The molecule has 0 aromatic rings. The lowest BCUT2D eigenvalue weighted by Gasteiger charge is -2.61. The van der Waals surface area contributed by atoms with Crippen molar-refractivity contribution in [3.8, 4) is 0 Å². The lowest BCUT2D eigenvalue weighted by molar-refractivity contribution is -0.160. The summed E-state index contributed by atoms with van der Waals surface area (Å²) in [5, 5.41) is 3.23. The molecule has 1 N–H and O–H groups in total. The molecule has 0 aromatic heterocycles. The van der Waals surface area contributed by atoms with Gasteiger partial charge in [-0.05, 0) is 25.7 Å². The zero-order valence-corrected chi connectivity index (χ0v) is 9.22. The van der Waals surface area contributed by atoms with Crippen molar-refractivity contribution in [1.82, 2.24) is 5.32 Å². The standard InChI is InChI=1S/C13H19NO/c15-11-12-7-3-1-2-4-9-13(12,14-11)10-6-5-8-12/h5-6H,1-4,7-10H2,(H,14,15)/t12-,13-/m0/s1. The molecule has 1 heterocycles. The summed E-state index contributed by atoms with van der Waals surface area (Å²) in [4.78, 5) is 11.9. The molecule has 2 nitrogen and oxygen atoms in total. The van der Waals surface area contributed by atoms with Gasteiger partial charge in [-0.3, -0.25) is 4.79 Å². The van der Waals surface area contributed by atoms with Crippen molar-refractivity contribution in [2.24, 2.45) is 5.41 Å². The Labute approximate surface area is 91.1 Å². The smallest absolute Gasteiger partial charge is 0.229 e. The predicted octanol–water partition coefficient (Wildman–Crippen LogP) is 2.55. The van der Waals surface area contributed by atoms with E-state index in [1.165, 1.54) is 32.1 Å². The molecule has 82 valence electrons. The van der Waals surface area contributed by atoms with Gasteiger partial charge in [-0.1, -0.05) is 37.8 Å². The van der Waals surface area contributed by atoms with E-state index in [9.17, 15) is 4.79 Å². The first-order valence-corrected chi connectivity index (χ1v) is 6.27. The number of β-lactam (4-membered cyclic amide) rings is 1. The molecule has 2 heteroatoms. The van der Waals surface area contributed by atoms with Gasteiger partial charge in [0.25, 0.3) is 0 Å². The maximum Gasteiger partial charge on any atom is 0.229 e. The molecule has 0 radical (unpaired) electrons. The quantitative estimate of drug-likeness (QED) is 0.478. The molecule has 2 atom stereocenters. The summed E-state index contributed by atoms with van der Waals surface area (Å²) in [7, 11) is 0. The Morgan fingerprint density at radius 3 is 2.53 bits per heavy atom. The fourth-order valence-electron chi connectivity index (χ4n) is 3.78. The maximum atomic E-state index is 11.9. The van der Waals surface area contributed by atoms with Crippen LogP contribution in [0.15, 0.2) is 12.2 Å². The Hall–Kier alpha value is -0.790. The van der Waals surface area contributed by atoms with Crippen LogP contribution in [0.2, 0.25) is 0 Å². The first-order valence-electron chi connectivity index (χ1n) is 6.27. The molecule has 0 spiro atoms. The van der Waals surface area contributed by atoms with Crippen LogP contribution >= 0.6 is 0 Å². The third-order valence-corrected chi connectivity index (χ3v) is 4.76. The van der Waals surface area contributed by atoms with Crippen molar-refractivity contribution in [2.45, 2.75) is 56.9 Å². The molecule has 3 aliphatic rings. The highest BCUT2D eigenvalue weighted by Gasteiger charge is 2.64. The Bertz CT molecular complexity index is 322. The van der Waals surface area contributed by atoms with Gasteiger partial charge in [0.15, 0.2) is 0 Å². The second-order valence-corrected chi connectivity index (χ2v) is 5.41. The zero-order valence-electron chi connectivity index (χ0n) is 9.22. The number of rotatable bonds is 0. The van der Waals surface area contributed by atoms with E-state index in [2.05, 4.69) is 17.5 Å². The average Bonchev–Trinajstić information content (AvgIpc) is 2.20. The second-order valence-electron chi connectivity index (χ2n) is 5.41. The predicted molar refractivity (Wildman–Crippen MR) is 59.4 cm³/mol. The highest BCUT2D eigenvalue weighted by Crippen LogP contribution is 2.55. The fraction of sp³-hybridized carbons (Fsp3) is 0.769. The van der Waals surface area contributed by atoms with Gasteiger partial charge in [-0.2, -0.15) is 0 Å². The number of nitrogens with one attached hydrogen (secondary N) is 1. The molecular weight excluding hydrogens is 186 g/mol. The lowest BCUT2D eigenvalue weighted by atomic mass is 9.52. The second kappa shape index (κ2) is 3.10. The normalized spacial score (nSPS) is 44.1. The van der Waals surface area contributed by atoms with Gasteiger partial charge in [0.2, 0.25) is 5.91 Å². The molecule has 0 aromatic carbocycles. The molecule has 1 saturated heterocycles. The van der Waals surface area contributed by atoms with Crippen molar-refractivity contribution in [3.63, 3.8) is 0 Å². The molecular formula is C13H19NO. The van der Waals surface area contributed by atoms with Crippen LogP contribution in [0.5, 0.6) is 0 Å². The van der Waals surface area contributed by atoms with Crippen molar-refractivity contribution < 1.29 is 4.79 Å². The fourth-order valence-corrected chi connectivity index (χ4v) is 3.78. The minimum Gasteiger partial charge on any atom is -0.349 e. The Morgan fingerprint density at radius 1 is 1.00 bits per heavy atom. The van der Waals surface area contributed by atoms with Crippen LogP contribution in [0, 0.1) is 5.41 Å². The first kappa shape index (κ1) is 9.44. The van der Waals surface area contributed by atoms with E-state index in [0.29, 0.717) is 5.91 Å². The summed E-state index contributed by atoms with van der Waals surface area (Å²) >= 11 is 0. The van der Waals surface area contributed by atoms with E-state index in [1.807, 2.05) is 0 Å². The molecule has 0 unspecified atom stereocenters. The van der Waals surface area contributed by atoms with Crippen molar-refractivity contribution in [2.75, 3.05) is 0 Å². The highest BCUT2D eigenvalue weighted by atomic mass is 16.2. The van der Waals surface area contributed by atoms with Crippen molar-refractivity contribution in [1.29, 1.82) is 0 Å². The van der Waals surface area contributed by atoms with Crippen molar-refractivity contribution in [3.05, 3.63) is 12.2 Å². The third kappa shape index (κ3) is 1.08. The molecule has 2 aliphatic carbocycles. The third-order valence-electron chi connectivity index (χ3n) is 4.76. The van der Waals surface area contributed by atoms with Crippen LogP contribution < -0.4 is 5.32 Å². The van der Waals surface area contributed by atoms with Crippen LogP contribution in [0.25, 0.3) is 0 Å². The maximum absolute atomic E-state index is 11.9. The molecule has 0 bridgehead atoms. The summed E-state index contributed by atoms with van der Waals surface area (Å²) in [6.07, 6.45) is 14.0. The first-order chi connectivity index (χ1) is 7.29. The minimum absolute atomic E-state index is 0.0117.